The molecule has 3 aliphatic rings. The van der Waals surface area contributed by atoms with Gasteiger partial charge in [0.25, 0.3) is 0 Å². The van der Waals surface area contributed by atoms with Gasteiger partial charge in [-0.3, -0.25) is 9.69 Å². The van der Waals surface area contributed by atoms with E-state index >= 15 is 0 Å². The molecule has 3 saturated heterocycles. The molecule has 1 aromatic heterocycles. The van der Waals surface area contributed by atoms with Crippen LogP contribution in [0.2, 0.25) is 0 Å². The molecule has 4 heterocycles. The maximum Gasteiger partial charge on any atom is 0.248 e. The normalized spacial score (nSPS) is 31.4. The Hall–Kier alpha value is -2.34. The second kappa shape index (κ2) is 5.33. The van der Waals surface area contributed by atoms with Crippen LogP contribution in [-0.2, 0) is 4.79 Å². The molecule has 1 aromatic carbocycles. The Kier molecular flexibility index (Phi) is 3.19. The smallest absolute Gasteiger partial charge is 0.248 e. The monoisotopic (exact) mass is 338 g/mol. The van der Waals surface area contributed by atoms with Gasteiger partial charge in [-0.15, -0.1) is 0 Å². The highest BCUT2D eigenvalue weighted by Gasteiger charge is 2.66. The first kappa shape index (κ1) is 15.0. The fraction of sp³-hybridized carbons (Fsp3) is 0.474. The lowest BCUT2D eigenvalue weighted by Crippen LogP contribution is -2.49. The molecule has 3 fully saturated rings. The first-order chi connectivity index (χ1) is 12.3. The number of ether oxygens (including phenoxy) is 1. The van der Waals surface area contributed by atoms with Crippen molar-refractivity contribution in [3.05, 3.63) is 42.5 Å². The summed E-state index contributed by atoms with van der Waals surface area (Å²) in [6.07, 6.45) is 6.66. The molecule has 6 nitrogen and oxygen atoms in total. The molecular formula is C19H22N4O2. The number of amides is 1. The summed E-state index contributed by atoms with van der Waals surface area (Å²) < 4.78 is 5.49. The number of para-hydroxylation sites is 2. The molecule has 3 atom stereocenters. The number of H-pyrrole nitrogens is 1. The van der Waals surface area contributed by atoms with Gasteiger partial charge in [0.05, 0.1) is 18.8 Å². The fourth-order valence-corrected chi connectivity index (χ4v) is 5.27. The number of benzene rings is 1. The zero-order valence-corrected chi connectivity index (χ0v) is 14.3. The lowest BCUT2D eigenvalue weighted by Gasteiger charge is -2.33. The number of carbonyl (C=O) groups excluding carboxylic acids is 1. The number of aromatic nitrogens is 2. The van der Waals surface area contributed by atoms with Crippen molar-refractivity contribution in [1.82, 2.24) is 14.9 Å². The van der Waals surface area contributed by atoms with Crippen LogP contribution in [0.1, 0.15) is 31.1 Å². The predicted octanol–water partition coefficient (Wildman–Crippen LogP) is 2.36. The van der Waals surface area contributed by atoms with E-state index in [-0.39, 0.29) is 17.5 Å². The topological polar surface area (TPSA) is 61.5 Å². The summed E-state index contributed by atoms with van der Waals surface area (Å²) >= 11 is 0. The average molecular weight is 338 g/mol. The van der Waals surface area contributed by atoms with E-state index in [0.717, 1.165) is 49.6 Å². The highest BCUT2D eigenvalue weighted by atomic mass is 16.5. The molecule has 1 amide bonds. The zero-order chi connectivity index (χ0) is 17.0. The summed E-state index contributed by atoms with van der Waals surface area (Å²) in [5, 5.41) is 0. The predicted molar refractivity (Wildman–Crippen MR) is 93.5 cm³/mol. The van der Waals surface area contributed by atoms with E-state index in [9.17, 15) is 4.79 Å². The summed E-state index contributed by atoms with van der Waals surface area (Å²) in [6.45, 7) is 1.72. The number of methoxy groups -OCH3 is 1. The van der Waals surface area contributed by atoms with Crippen LogP contribution in [0.15, 0.2) is 36.7 Å². The Bertz CT molecular complexity index is 806. The van der Waals surface area contributed by atoms with Gasteiger partial charge in [-0.25, -0.2) is 4.98 Å². The van der Waals surface area contributed by atoms with Crippen molar-refractivity contribution in [3.63, 3.8) is 0 Å². The third-order valence-electron chi connectivity index (χ3n) is 6.26. The summed E-state index contributed by atoms with van der Waals surface area (Å²) in [5.74, 6) is 2.32. The van der Waals surface area contributed by atoms with E-state index in [1.165, 1.54) is 0 Å². The van der Waals surface area contributed by atoms with Gasteiger partial charge >= 0.3 is 0 Å². The lowest BCUT2D eigenvalue weighted by atomic mass is 9.85. The molecule has 5 rings (SSSR count). The standard InChI is InChI=1S/C19H22N4O2/c1-25-16-6-3-2-5-14(16)22-12-13-11-15(17-20-8-9-21-17)23-10-4-7-19(13,23)18(22)24/h2-3,5-6,8-9,13,15H,4,7,10-12H2,1H3,(H,20,21)/t13-,15-,19-/m0/s1. The zero-order valence-electron chi connectivity index (χ0n) is 14.3. The second-order valence-electron chi connectivity index (χ2n) is 7.23. The molecule has 6 heteroatoms. The van der Waals surface area contributed by atoms with Crippen molar-refractivity contribution < 1.29 is 9.53 Å². The lowest BCUT2D eigenvalue weighted by molar-refractivity contribution is -0.126. The molecule has 3 aliphatic heterocycles. The molecule has 25 heavy (non-hydrogen) atoms. The minimum Gasteiger partial charge on any atom is -0.495 e. The number of imidazole rings is 1. The van der Waals surface area contributed by atoms with E-state index in [1.807, 2.05) is 35.4 Å². The van der Waals surface area contributed by atoms with E-state index in [0.29, 0.717) is 5.92 Å². The second-order valence-corrected chi connectivity index (χ2v) is 7.23. The van der Waals surface area contributed by atoms with Crippen molar-refractivity contribution >= 4 is 11.6 Å². The number of hydrogen-bond acceptors (Lipinski definition) is 4. The molecule has 0 aliphatic carbocycles. The maximum atomic E-state index is 13.6. The Morgan fingerprint density at radius 2 is 2.24 bits per heavy atom. The van der Waals surface area contributed by atoms with Crippen LogP contribution in [0, 0.1) is 5.92 Å². The van der Waals surface area contributed by atoms with Gasteiger partial charge in [-0.2, -0.15) is 0 Å². The third kappa shape index (κ3) is 1.88. The largest absolute Gasteiger partial charge is 0.495 e. The first-order valence-corrected chi connectivity index (χ1v) is 8.96. The molecule has 0 saturated carbocycles. The van der Waals surface area contributed by atoms with Crippen molar-refractivity contribution in [1.29, 1.82) is 0 Å². The molecule has 2 aromatic rings. The van der Waals surface area contributed by atoms with Crippen molar-refractivity contribution in [2.45, 2.75) is 30.8 Å². The Balaban J connectivity index is 1.53. The Labute approximate surface area is 146 Å². The quantitative estimate of drug-likeness (QED) is 0.933. The number of carbonyl (C=O) groups is 1. The molecular weight excluding hydrogens is 316 g/mol. The summed E-state index contributed by atoms with van der Waals surface area (Å²) in [7, 11) is 1.66. The van der Waals surface area contributed by atoms with Crippen molar-refractivity contribution in [2.24, 2.45) is 5.92 Å². The number of nitrogens with zero attached hydrogens (tertiary/aromatic N) is 3. The number of nitrogens with one attached hydrogen (secondary N) is 1. The van der Waals surface area contributed by atoms with Gasteiger partial charge in [0, 0.05) is 31.4 Å². The molecule has 0 radical (unpaired) electrons. The van der Waals surface area contributed by atoms with Gasteiger partial charge in [0.1, 0.15) is 17.1 Å². The summed E-state index contributed by atoms with van der Waals surface area (Å²) in [4.78, 5) is 25.7. The van der Waals surface area contributed by atoms with E-state index in [4.69, 9.17) is 4.74 Å². The number of anilines is 1. The van der Waals surface area contributed by atoms with E-state index in [2.05, 4.69) is 14.9 Å². The van der Waals surface area contributed by atoms with Crippen LogP contribution in [-0.4, -0.2) is 46.5 Å². The Morgan fingerprint density at radius 3 is 3.04 bits per heavy atom. The third-order valence-corrected chi connectivity index (χ3v) is 6.26. The van der Waals surface area contributed by atoms with Gasteiger partial charge in [0.2, 0.25) is 5.91 Å². The highest BCUT2D eigenvalue weighted by Crippen LogP contribution is 2.56. The van der Waals surface area contributed by atoms with E-state index in [1.54, 1.807) is 13.3 Å². The minimum atomic E-state index is -0.363. The van der Waals surface area contributed by atoms with Gasteiger partial charge in [-0.05, 0) is 31.4 Å². The SMILES string of the molecule is COc1ccccc1N1C[C@@H]2C[C@@H](c3ncc[nH]3)N3CCC[C@@]23C1=O. The molecule has 0 bridgehead atoms. The summed E-state index contributed by atoms with van der Waals surface area (Å²) in [5.41, 5.74) is 0.526. The minimum absolute atomic E-state index is 0.228. The van der Waals surface area contributed by atoms with Crippen LogP contribution in [0.5, 0.6) is 5.75 Å². The summed E-state index contributed by atoms with van der Waals surface area (Å²) in [6, 6.07) is 8.04. The average Bonchev–Trinajstić information content (AvgIpc) is 3.38. The van der Waals surface area contributed by atoms with Gasteiger partial charge < -0.3 is 14.6 Å². The highest BCUT2D eigenvalue weighted by molar-refractivity contribution is 6.04. The first-order valence-electron chi connectivity index (χ1n) is 8.96. The molecule has 130 valence electrons. The van der Waals surface area contributed by atoms with Crippen molar-refractivity contribution in [3.8, 4) is 5.75 Å². The maximum absolute atomic E-state index is 13.6. The fourth-order valence-electron chi connectivity index (χ4n) is 5.27. The van der Waals surface area contributed by atoms with Crippen LogP contribution in [0.4, 0.5) is 5.69 Å². The Morgan fingerprint density at radius 1 is 1.36 bits per heavy atom. The van der Waals surface area contributed by atoms with E-state index < -0.39 is 0 Å². The number of hydrogen-bond donors (Lipinski definition) is 1. The van der Waals surface area contributed by atoms with Gasteiger partial charge in [-0.1, -0.05) is 12.1 Å². The van der Waals surface area contributed by atoms with Crippen molar-refractivity contribution in [2.75, 3.05) is 25.1 Å². The molecule has 1 spiro atoms. The molecule has 1 N–H and O–H groups in total. The van der Waals surface area contributed by atoms with Gasteiger partial charge in [0.15, 0.2) is 0 Å². The number of aromatic amines is 1. The number of rotatable bonds is 3. The van der Waals surface area contributed by atoms with Crippen LogP contribution in [0.25, 0.3) is 0 Å². The molecule has 0 unspecified atom stereocenters. The van der Waals surface area contributed by atoms with Crippen LogP contribution in [0.3, 0.4) is 0 Å². The van der Waals surface area contributed by atoms with Crippen LogP contribution < -0.4 is 9.64 Å². The van der Waals surface area contributed by atoms with Crippen LogP contribution >= 0.6 is 0 Å².